The van der Waals surface area contributed by atoms with Crippen LogP contribution < -0.4 is 0 Å². The van der Waals surface area contributed by atoms with Crippen LogP contribution in [0, 0.1) is 6.07 Å². The van der Waals surface area contributed by atoms with Crippen LogP contribution in [-0.2, 0) is 9.59 Å². The van der Waals surface area contributed by atoms with Crippen LogP contribution in [-0.4, -0.2) is 22.2 Å². The van der Waals surface area contributed by atoms with Crippen molar-refractivity contribution in [3.8, 4) is 11.1 Å². The normalized spacial score (nSPS) is 13.4. The molecule has 2 rings (SSSR count). The first-order valence-corrected chi connectivity index (χ1v) is 6.26. The third-order valence-electron chi connectivity index (χ3n) is 3.09. The van der Waals surface area contributed by atoms with Crippen LogP contribution in [0.5, 0.6) is 0 Å². The first kappa shape index (κ1) is 15.6. The second kappa shape index (κ2) is 6.34. The molecule has 0 bridgehead atoms. The van der Waals surface area contributed by atoms with E-state index in [2.05, 4.69) is 6.07 Å². The zero-order valence-corrected chi connectivity index (χ0v) is 11.2. The first-order chi connectivity index (χ1) is 10.4. The van der Waals surface area contributed by atoms with Gasteiger partial charge in [-0.15, -0.1) is 0 Å². The molecule has 0 saturated heterocycles. The zero-order valence-electron chi connectivity index (χ0n) is 11.2. The van der Waals surface area contributed by atoms with Gasteiger partial charge < -0.3 is 10.2 Å². The smallest absolute Gasteiger partial charge is 0.343 e. The summed E-state index contributed by atoms with van der Waals surface area (Å²) in [4.78, 5) is 21.6. The molecular formula is C16H11F2O4. The fourth-order valence-electron chi connectivity index (χ4n) is 2.03. The van der Waals surface area contributed by atoms with Crippen molar-refractivity contribution in [2.24, 2.45) is 0 Å². The van der Waals surface area contributed by atoms with Gasteiger partial charge in [0, 0.05) is 11.1 Å². The molecule has 0 saturated carbocycles. The lowest BCUT2D eigenvalue weighted by Gasteiger charge is -2.14. The lowest BCUT2D eigenvalue weighted by atomic mass is 9.94. The molecule has 2 atom stereocenters. The summed E-state index contributed by atoms with van der Waals surface area (Å²) in [5.74, 6) is -3.62. The summed E-state index contributed by atoms with van der Waals surface area (Å²) >= 11 is 0. The molecule has 0 spiro atoms. The molecule has 4 nitrogen and oxygen atoms in total. The van der Waals surface area contributed by atoms with Crippen LogP contribution in [0.4, 0.5) is 8.78 Å². The van der Waals surface area contributed by atoms with E-state index < -0.39 is 35.4 Å². The molecule has 0 aliphatic rings. The Morgan fingerprint density at radius 3 is 2.14 bits per heavy atom. The number of hydrogen-bond donors (Lipinski definition) is 2. The Kier molecular flexibility index (Phi) is 4.50. The number of benzene rings is 2. The second-order valence-corrected chi connectivity index (χ2v) is 4.52. The van der Waals surface area contributed by atoms with Crippen molar-refractivity contribution >= 4 is 11.9 Å². The summed E-state index contributed by atoms with van der Waals surface area (Å²) in [5, 5.41) is 17.5. The highest BCUT2D eigenvalue weighted by Crippen LogP contribution is 2.33. The van der Waals surface area contributed by atoms with Crippen LogP contribution in [0.3, 0.4) is 0 Å². The van der Waals surface area contributed by atoms with E-state index in [1.807, 2.05) is 0 Å². The van der Waals surface area contributed by atoms with Gasteiger partial charge >= 0.3 is 11.9 Å². The van der Waals surface area contributed by atoms with E-state index in [0.29, 0.717) is 11.1 Å². The Bertz CT molecular complexity index is 701. The van der Waals surface area contributed by atoms with Gasteiger partial charge in [-0.05, 0) is 23.3 Å². The number of aliphatic carboxylic acids is 2. The van der Waals surface area contributed by atoms with Gasteiger partial charge in [0.2, 0.25) is 12.3 Å². The van der Waals surface area contributed by atoms with Crippen molar-refractivity contribution in [1.29, 1.82) is 0 Å². The van der Waals surface area contributed by atoms with Crippen molar-refractivity contribution in [1.82, 2.24) is 0 Å². The van der Waals surface area contributed by atoms with Gasteiger partial charge in [-0.3, -0.25) is 0 Å². The molecule has 0 fully saturated rings. The molecule has 2 aromatic carbocycles. The van der Waals surface area contributed by atoms with Crippen LogP contribution in [0.2, 0.25) is 0 Å². The third-order valence-corrected chi connectivity index (χ3v) is 3.09. The van der Waals surface area contributed by atoms with Crippen LogP contribution in [0.15, 0.2) is 42.5 Å². The Hall–Kier alpha value is -2.76. The fourth-order valence-corrected chi connectivity index (χ4v) is 2.03. The molecule has 113 valence electrons. The molecule has 0 aliphatic carbocycles. The molecule has 6 heteroatoms. The van der Waals surface area contributed by atoms with Gasteiger partial charge in [-0.1, -0.05) is 36.4 Å². The summed E-state index contributed by atoms with van der Waals surface area (Å²) in [7, 11) is 0. The van der Waals surface area contributed by atoms with E-state index >= 15 is 0 Å². The molecular weight excluding hydrogens is 294 g/mol. The third kappa shape index (κ3) is 3.11. The Labute approximate surface area is 124 Å². The zero-order chi connectivity index (χ0) is 16.3. The molecule has 22 heavy (non-hydrogen) atoms. The van der Waals surface area contributed by atoms with Gasteiger partial charge in [-0.2, -0.15) is 0 Å². The molecule has 2 N–H and O–H groups in total. The van der Waals surface area contributed by atoms with Crippen molar-refractivity contribution in [3.05, 3.63) is 59.7 Å². The van der Waals surface area contributed by atoms with Crippen molar-refractivity contribution < 1.29 is 28.6 Å². The summed E-state index contributed by atoms with van der Waals surface area (Å²) in [5.41, 5.74) is -0.0568. The van der Waals surface area contributed by atoms with Crippen LogP contribution in [0.25, 0.3) is 11.1 Å². The number of carboxylic acid groups (broad SMARTS) is 2. The highest BCUT2D eigenvalue weighted by Gasteiger charge is 2.29. The second-order valence-electron chi connectivity index (χ2n) is 4.52. The average molecular weight is 305 g/mol. The topological polar surface area (TPSA) is 74.6 Å². The van der Waals surface area contributed by atoms with E-state index in [1.54, 1.807) is 24.3 Å². The van der Waals surface area contributed by atoms with E-state index in [1.165, 1.54) is 6.07 Å². The van der Waals surface area contributed by atoms with E-state index in [0.717, 1.165) is 12.1 Å². The summed E-state index contributed by atoms with van der Waals surface area (Å²) < 4.78 is 27.6. The average Bonchev–Trinajstić information content (AvgIpc) is 2.53. The number of rotatable bonds is 5. The maximum atomic E-state index is 13.9. The minimum absolute atomic E-state index is 0.417. The van der Waals surface area contributed by atoms with Gasteiger partial charge in [0.15, 0.2) is 0 Å². The van der Waals surface area contributed by atoms with Crippen LogP contribution >= 0.6 is 0 Å². The van der Waals surface area contributed by atoms with Gasteiger partial charge in [0.1, 0.15) is 0 Å². The summed E-state index contributed by atoms with van der Waals surface area (Å²) in [6, 6.07) is 13.2. The SMILES string of the molecule is O=C(O)C(F)c1ccc(-c2[c]cccc2)cc1C(F)C(=O)O. The molecule has 0 aromatic heterocycles. The monoisotopic (exact) mass is 305 g/mol. The van der Waals surface area contributed by atoms with Crippen molar-refractivity contribution in [3.63, 3.8) is 0 Å². The first-order valence-electron chi connectivity index (χ1n) is 6.26. The van der Waals surface area contributed by atoms with Crippen molar-refractivity contribution in [2.75, 3.05) is 0 Å². The largest absolute Gasteiger partial charge is 0.479 e. The summed E-state index contributed by atoms with van der Waals surface area (Å²) in [6.45, 7) is 0. The number of alkyl halides is 2. The van der Waals surface area contributed by atoms with Crippen LogP contribution in [0.1, 0.15) is 23.5 Å². The van der Waals surface area contributed by atoms with Gasteiger partial charge in [0.05, 0.1) is 0 Å². The Morgan fingerprint density at radius 1 is 0.955 bits per heavy atom. The predicted octanol–water partition coefficient (Wildman–Crippen LogP) is 3.34. The molecule has 0 amide bonds. The van der Waals surface area contributed by atoms with E-state index in [9.17, 15) is 18.4 Å². The van der Waals surface area contributed by atoms with E-state index in [-0.39, 0.29) is 0 Å². The molecule has 1 radical (unpaired) electrons. The predicted molar refractivity (Wildman–Crippen MR) is 73.7 cm³/mol. The van der Waals surface area contributed by atoms with Gasteiger partial charge in [-0.25, -0.2) is 18.4 Å². The standard InChI is InChI=1S/C16H11F2O4/c17-13(15(19)20)11-7-6-10(9-4-2-1-3-5-9)8-12(11)14(18)16(21)22/h1-4,6-8,13-14H,(H,19,20)(H,21,22). The van der Waals surface area contributed by atoms with Crippen molar-refractivity contribution in [2.45, 2.75) is 12.3 Å². The maximum Gasteiger partial charge on any atom is 0.343 e. The Balaban J connectivity index is 2.57. The lowest BCUT2D eigenvalue weighted by molar-refractivity contribution is -0.145. The number of halogens is 2. The quantitative estimate of drug-likeness (QED) is 0.888. The Morgan fingerprint density at radius 2 is 1.59 bits per heavy atom. The van der Waals surface area contributed by atoms with E-state index in [4.69, 9.17) is 10.2 Å². The lowest BCUT2D eigenvalue weighted by Crippen LogP contribution is -2.14. The molecule has 2 unspecified atom stereocenters. The highest BCUT2D eigenvalue weighted by atomic mass is 19.1. The number of carboxylic acids is 2. The maximum absolute atomic E-state index is 13.9. The fraction of sp³-hybridized carbons (Fsp3) is 0.125. The number of hydrogen-bond acceptors (Lipinski definition) is 2. The summed E-state index contributed by atoms with van der Waals surface area (Å²) in [6.07, 6.45) is -5.02. The number of carbonyl (C=O) groups is 2. The minimum Gasteiger partial charge on any atom is -0.479 e. The van der Waals surface area contributed by atoms with Gasteiger partial charge in [0.25, 0.3) is 0 Å². The minimum atomic E-state index is -2.52. The molecule has 0 heterocycles. The highest BCUT2D eigenvalue weighted by molar-refractivity contribution is 5.80. The molecule has 2 aromatic rings. The molecule has 0 aliphatic heterocycles.